The van der Waals surface area contributed by atoms with Gasteiger partial charge in [-0.3, -0.25) is 0 Å². The molecule has 4 nitrogen and oxygen atoms in total. The first-order valence-corrected chi connectivity index (χ1v) is 6.86. The van der Waals surface area contributed by atoms with Crippen LogP contribution in [0.1, 0.15) is 33.1 Å². The maximum Gasteiger partial charge on any atom is 0.0899 e. The van der Waals surface area contributed by atoms with Gasteiger partial charge in [0.05, 0.1) is 36.6 Å². The van der Waals surface area contributed by atoms with E-state index in [2.05, 4.69) is 6.58 Å². The molecular weight excluding hydrogens is 232 g/mol. The molecule has 2 saturated heterocycles. The van der Waals surface area contributed by atoms with Crippen molar-refractivity contribution in [1.82, 2.24) is 0 Å². The van der Waals surface area contributed by atoms with Crippen molar-refractivity contribution in [2.45, 2.75) is 69.7 Å². The normalized spacial score (nSPS) is 43.2. The molecule has 2 aliphatic rings. The molecule has 2 heterocycles. The van der Waals surface area contributed by atoms with Crippen molar-refractivity contribution in [3.05, 3.63) is 12.7 Å². The number of ether oxygens (including phenoxy) is 2. The van der Waals surface area contributed by atoms with Crippen LogP contribution in [-0.2, 0) is 9.47 Å². The molecule has 0 aromatic rings. The number of hydrogen-bond donors (Lipinski definition) is 2. The Morgan fingerprint density at radius 2 is 2.00 bits per heavy atom. The summed E-state index contributed by atoms with van der Waals surface area (Å²) in [6.45, 7) is 7.68. The van der Waals surface area contributed by atoms with Gasteiger partial charge in [-0.15, -0.1) is 6.58 Å². The summed E-state index contributed by atoms with van der Waals surface area (Å²) in [6.07, 6.45) is 2.38. The lowest BCUT2D eigenvalue weighted by molar-refractivity contribution is -0.166. The van der Waals surface area contributed by atoms with Crippen LogP contribution in [0.2, 0.25) is 0 Å². The van der Waals surface area contributed by atoms with Gasteiger partial charge in [-0.25, -0.2) is 0 Å². The molecule has 0 spiro atoms. The molecule has 0 saturated carbocycles. The van der Waals surface area contributed by atoms with Crippen molar-refractivity contribution in [3.63, 3.8) is 0 Å². The maximum absolute atomic E-state index is 10.1. The van der Waals surface area contributed by atoms with Gasteiger partial charge >= 0.3 is 0 Å². The molecule has 104 valence electrons. The Bertz CT molecular complexity index is 294. The highest BCUT2D eigenvalue weighted by Crippen LogP contribution is 2.36. The van der Waals surface area contributed by atoms with Crippen molar-refractivity contribution >= 4 is 0 Å². The van der Waals surface area contributed by atoms with Gasteiger partial charge in [0, 0.05) is 18.8 Å². The van der Waals surface area contributed by atoms with Gasteiger partial charge in [-0.05, 0) is 6.42 Å². The Labute approximate surface area is 109 Å². The molecule has 2 N–H and O–H groups in total. The van der Waals surface area contributed by atoms with Gasteiger partial charge in [0.15, 0.2) is 0 Å². The lowest BCUT2D eigenvalue weighted by Gasteiger charge is -2.37. The average Bonchev–Trinajstić information content (AvgIpc) is 2.78. The first-order valence-electron chi connectivity index (χ1n) is 6.86. The molecule has 0 unspecified atom stereocenters. The third-order valence-electron chi connectivity index (χ3n) is 4.15. The van der Waals surface area contributed by atoms with Crippen LogP contribution in [0.5, 0.6) is 0 Å². The van der Waals surface area contributed by atoms with Crippen LogP contribution in [0.15, 0.2) is 12.7 Å². The Morgan fingerprint density at radius 3 is 2.61 bits per heavy atom. The van der Waals surface area contributed by atoms with Gasteiger partial charge in [0.25, 0.3) is 0 Å². The first-order chi connectivity index (χ1) is 8.56. The zero-order valence-electron chi connectivity index (χ0n) is 11.2. The van der Waals surface area contributed by atoms with Gasteiger partial charge in [0.1, 0.15) is 0 Å². The molecule has 7 atom stereocenters. The SMILES string of the molecule is C=C[C@H](C)[C@@H]1O[C@@H]2C[C@@H]([C@@H](O)CC)O[C@@H]2C[C@@H]1O. The van der Waals surface area contributed by atoms with Crippen LogP contribution in [0.4, 0.5) is 0 Å². The smallest absolute Gasteiger partial charge is 0.0899 e. The summed E-state index contributed by atoms with van der Waals surface area (Å²) in [5.41, 5.74) is 0. The fourth-order valence-corrected chi connectivity index (χ4v) is 2.88. The molecule has 2 fully saturated rings. The fraction of sp³-hybridized carbons (Fsp3) is 0.857. The van der Waals surface area contributed by atoms with Gasteiger partial charge in [0.2, 0.25) is 0 Å². The van der Waals surface area contributed by atoms with Crippen LogP contribution >= 0.6 is 0 Å². The molecule has 0 aliphatic carbocycles. The summed E-state index contributed by atoms with van der Waals surface area (Å²) in [5, 5.41) is 19.9. The second-order valence-electron chi connectivity index (χ2n) is 5.46. The zero-order valence-corrected chi connectivity index (χ0v) is 11.2. The third kappa shape index (κ3) is 2.62. The van der Waals surface area contributed by atoms with Gasteiger partial charge in [-0.2, -0.15) is 0 Å². The Kier molecular flexibility index (Phi) is 4.43. The predicted octanol–water partition coefficient (Wildman–Crippen LogP) is 1.26. The van der Waals surface area contributed by atoms with Crippen molar-refractivity contribution in [1.29, 1.82) is 0 Å². The minimum Gasteiger partial charge on any atom is -0.390 e. The van der Waals surface area contributed by atoms with E-state index in [9.17, 15) is 10.2 Å². The van der Waals surface area contributed by atoms with Crippen molar-refractivity contribution in [2.75, 3.05) is 0 Å². The summed E-state index contributed by atoms with van der Waals surface area (Å²) >= 11 is 0. The monoisotopic (exact) mass is 256 g/mol. The Hall–Kier alpha value is -0.420. The molecule has 0 radical (unpaired) electrons. The highest BCUT2D eigenvalue weighted by Gasteiger charge is 2.46. The summed E-state index contributed by atoms with van der Waals surface area (Å²) < 4.78 is 11.7. The predicted molar refractivity (Wildman–Crippen MR) is 68.2 cm³/mol. The maximum atomic E-state index is 10.1. The summed E-state index contributed by atoms with van der Waals surface area (Å²) in [6, 6.07) is 0. The highest BCUT2D eigenvalue weighted by molar-refractivity contribution is 4.97. The van der Waals surface area contributed by atoms with Gasteiger partial charge < -0.3 is 19.7 Å². The van der Waals surface area contributed by atoms with Crippen LogP contribution in [0.25, 0.3) is 0 Å². The minimum absolute atomic E-state index is 0.00741. The van der Waals surface area contributed by atoms with Crippen LogP contribution in [0.3, 0.4) is 0 Å². The van der Waals surface area contributed by atoms with E-state index in [-0.39, 0.29) is 30.3 Å². The summed E-state index contributed by atoms with van der Waals surface area (Å²) in [5.74, 6) is 0.121. The quantitative estimate of drug-likeness (QED) is 0.743. The number of aliphatic hydroxyl groups is 2. The van der Waals surface area contributed by atoms with Gasteiger partial charge in [-0.1, -0.05) is 19.9 Å². The Morgan fingerprint density at radius 1 is 1.33 bits per heavy atom. The summed E-state index contributed by atoms with van der Waals surface area (Å²) in [7, 11) is 0. The van der Waals surface area contributed by atoms with E-state index >= 15 is 0 Å². The van der Waals surface area contributed by atoms with E-state index in [0.29, 0.717) is 19.3 Å². The largest absolute Gasteiger partial charge is 0.390 e. The molecular formula is C14H24O4. The summed E-state index contributed by atoms with van der Waals surface area (Å²) in [4.78, 5) is 0. The lowest BCUT2D eigenvalue weighted by atomic mass is 9.90. The number of rotatable bonds is 4. The molecule has 0 aromatic carbocycles. The topological polar surface area (TPSA) is 58.9 Å². The number of hydrogen-bond acceptors (Lipinski definition) is 4. The highest BCUT2D eigenvalue weighted by atomic mass is 16.6. The van der Waals surface area contributed by atoms with Crippen molar-refractivity contribution < 1.29 is 19.7 Å². The van der Waals surface area contributed by atoms with E-state index in [4.69, 9.17) is 9.47 Å². The molecule has 0 amide bonds. The molecule has 2 rings (SSSR count). The molecule has 0 bridgehead atoms. The van der Waals surface area contributed by atoms with Crippen LogP contribution in [-0.4, -0.2) is 46.8 Å². The zero-order chi connectivity index (χ0) is 13.3. The fourth-order valence-electron chi connectivity index (χ4n) is 2.88. The van der Waals surface area contributed by atoms with E-state index in [1.807, 2.05) is 19.9 Å². The van der Waals surface area contributed by atoms with E-state index in [1.54, 1.807) is 0 Å². The molecule has 4 heteroatoms. The van der Waals surface area contributed by atoms with Crippen molar-refractivity contribution in [3.8, 4) is 0 Å². The van der Waals surface area contributed by atoms with E-state index in [0.717, 1.165) is 0 Å². The first kappa shape index (κ1) is 14.0. The van der Waals surface area contributed by atoms with Crippen molar-refractivity contribution in [2.24, 2.45) is 5.92 Å². The second kappa shape index (κ2) is 5.70. The van der Waals surface area contributed by atoms with E-state index < -0.39 is 12.2 Å². The third-order valence-corrected chi connectivity index (χ3v) is 4.15. The van der Waals surface area contributed by atoms with Crippen LogP contribution in [0, 0.1) is 5.92 Å². The number of fused-ring (bicyclic) bond motifs is 1. The average molecular weight is 256 g/mol. The van der Waals surface area contributed by atoms with E-state index in [1.165, 1.54) is 0 Å². The molecule has 2 aliphatic heterocycles. The molecule has 18 heavy (non-hydrogen) atoms. The van der Waals surface area contributed by atoms with Crippen LogP contribution < -0.4 is 0 Å². The number of aliphatic hydroxyl groups excluding tert-OH is 2. The molecule has 0 aromatic heterocycles. The Balaban J connectivity index is 1.99. The lowest BCUT2D eigenvalue weighted by Crippen LogP contribution is -2.47. The minimum atomic E-state index is -0.517. The second-order valence-corrected chi connectivity index (χ2v) is 5.46. The standard InChI is InChI=1S/C14H24O4/c1-4-8(3)14-10(16)6-12-13(18-14)7-11(17-12)9(15)5-2/h4,8-16H,1,5-7H2,2-3H3/t8-,9-,10-,11-,12+,13+,14-/m0/s1.